The standard InChI is InChI=1S/C39H41NO7S/c1-28(27-48(45,46)34-16-10-5-11-17-34)39(44)40-35(25-31-18-21-33(47-2)22-19-31)37(42)26-32(24-30-14-8-4-9-15-30)38(43)36(41)23-20-29-12-6-3-7-13-29/h3-19,21-22,28,32,35H,20,23-27H2,1-2H3,(H,40,44)/t28-,32-,35+/m1/s1. The summed E-state index contributed by atoms with van der Waals surface area (Å²) in [4.78, 5) is 54.3. The Morgan fingerprint density at radius 3 is 1.83 bits per heavy atom. The number of hydrogen-bond donors (Lipinski definition) is 1. The molecule has 1 amide bonds. The molecule has 0 aliphatic heterocycles. The minimum Gasteiger partial charge on any atom is -0.497 e. The predicted molar refractivity (Wildman–Crippen MR) is 184 cm³/mol. The molecule has 0 radical (unpaired) electrons. The molecule has 9 heteroatoms. The monoisotopic (exact) mass is 667 g/mol. The predicted octanol–water partition coefficient (Wildman–Crippen LogP) is 5.42. The van der Waals surface area contributed by atoms with E-state index in [0.717, 1.165) is 16.7 Å². The maximum Gasteiger partial charge on any atom is 0.224 e. The minimum absolute atomic E-state index is 0.0156. The van der Waals surface area contributed by atoms with Crippen molar-refractivity contribution in [2.75, 3.05) is 12.9 Å². The smallest absolute Gasteiger partial charge is 0.224 e. The second-order valence-corrected chi connectivity index (χ2v) is 14.0. The van der Waals surface area contributed by atoms with Crippen molar-refractivity contribution in [3.05, 3.63) is 132 Å². The fourth-order valence-corrected chi connectivity index (χ4v) is 7.05. The summed E-state index contributed by atoms with van der Waals surface area (Å²) in [6, 6.07) is 32.4. The highest BCUT2D eigenvalue weighted by Crippen LogP contribution is 2.20. The normalized spacial score (nSPS) is 13.1. The first kappa shape index (κ1) is 36.0. The Morgan fingerprint density at radius 1 is 0.708 bits per heavy atom. The summed E-state index contributed by atoms with van der Waals surface area (Å²) in [5.41, 5.74) is 2.46. The molecular formula is C39H41NO7S. The van der Waals surface area contributed by atoms with Gasteiger partial charge in [0.1, 0.15) is 5.75 Å². The number of carbonyl (C=O) groups excluding carboxylic acids is 4. The maximum atomic E-state index is 14.0. The molecule has 250 valence electrons. The molecule has 4 aromatic carbocycles. The van der Waals surface area contributed by atoms with Crippen molar-refractivity contribution in [1.29, 1.82) is 0 Å². The van der Waals surface area contributed by atoms with Gasteiger partial charge in [0, 0.05) is 24.7 Å². The Morgan fingerprint density at radius 2 is 1.25 bits per heavy atom. The maximum absolute atomic E-state index is 14.0. The van der Waals surface area contributed by atoms with Crippen molar-refractivity contribution >= 4 is 33.1 Å². The van der Waals surface area contributed by atoms with Crippen LogP contribution in [0, 0.1) is 11.8 Å². The van der Waals surface area contributed by atoms with Crippen LogP contribution in [0.15, 0.2) is 120 Å². The average Bonchev–Trinajstić information content (AvgIpc) is 3.11. The summed E-state index contributed by atoms with van der Waals surface area (Å²) >= 11 is 0. The largest absolute Gasteiger partial charge is 0.497 e. The number of ketones is 3. The van der Waals surface area contributed by atoms with Crippen LogP contribution in [0.2, 0.25) is 0 Å². The van der Waals surface area contributed by atoms with E-state index < -0.39 is 56.7 Å². The topological polar surface area (TPSA) is 124 Å². The molecule has 0 aromatic heterocycles. The van der Waals surface area contributed by atoms with Gasteiger partial charge in [0.15, 0.2) is 21.4 Å². The van der Waals surface area contributed by atoms with Crippen LogP contribution in [0.25, 0.3) is 0 Å². The van der Waals surface area contributed by atoms with Crippen LogP contribution in [-0.4, -0.2) is 50.6 Å². The van der Waals surface area contributed by atoms with Gasteiger partial charge in [-0.05, 0) is 60.2 Å². The van der Waals surface area contributed by atoms with E-state index in [2.05, 4.69) is 5.32 Å². The lowest BCUT2D eigenvalue weighted by Gasteiger charge is -2.23. The molecule has 0 spiro atoms. The second kappa shape index (κ2) is 17.3. The zero-order valence-corrected chi connectivity index (χ0v) is 28.0. The van der Waals surface area contributed by atoms with E-state index in [1.807, 2.05) is 60.7 Å². The lowest BCUT2D eigenvalue weighted by molar-refractivity contribution is -0.140. The molecule has 48 heavy (non-hydrogen) atoms. The van der Waals surface area contributed by atoms with Gasteiger partial charge in [-0.15, -0.1) is 0 Å². The number of benzene rings is 4. The third-order valence-electron chi connectivity index (χ3n) is 8.23. The number of rotatable bonds is 18. The van der Waals surface area contributed by atoms with Crippen molar-refractivity contribution in [3.8, 4) is 5.75 Å². The van der Waals surface area contributed by atoms with Gasteiger partial charge in [-0.1, -0.05) is 97.9 Å². The Kier molecular flexibility index (Phi) is 13.0. The molecule has 8 nitrogen and oxygen atoms in total. The second-order valence-electron chi connectivity index (χ2n) is 11.9. The van der Waals surface area contributed by atoms with Crippen molar-refractivity contribution in [2.45, 2.75) is 50.0 Å². The molecule has 3 atom stereocenters. The molecule has 4 aromatic rings. The van der Waals surface area contributed by atoms with Crippen LogP contribution >= 0.6 is 0 Å². The quantitative estimate of drug-likeness (QED) is 0.141. The van der Waals surface area contributed by atoms with E-state index in [-0.39, 0.29) is 30.6 Å². The molecule has 0 unspecified atom stereocenters. The van der Waals surface area contributed by atoms with Gasteiger partial charge >= 0.3 is 0 Å². The third kappa shape index (κ3) is 10.6. The highest BCUT2D eigenvalue weighted by Gasteiger charge is 2.32. The summed E-state index contributed by atoms with van der Waals surface area (Å²) in [7, 11) is -2.23. The van der Waals surface area contributed by atoms with Crippen LogP contribution in [0.1, 0.15) is 36.5 Å². The van der Waals surface area contributed by atoms with Gasteiger partial charge in [-0.25, -0.2) is 8.42 Å². The van der Waals surface area contributed by atoms with Crippen LogP contribution in [0.4, 0.5) is 0 Å². The molecule has 0 heterocycles. The summed E-state index contributed by atoms with van der Waals surface area (Å²) < 4.78 is 31.2. The van der Waals surface area contributed by atoms with E-state index in [4.69, 9.17) is 4.74 Å². The SMILES string of the molecule is COc1ccc(C[C@H](NC(=O)[C@H](C)CS(=O)(=O)c2ccccc2)C(=O)C[C@@H](Cc2ccccc2)C(=O)C(=O)CCc2ccccc2)cc1. The van der Waals surface area contributed by atoms with Gasteiger partial charge in [0.05, 0.1) is 23.8 Å². The van der Waals surface area contributed by atoms with Crippen molar-refractivity contribution in [1.82, 2.24) is 5.32 Å². The zero-order chi connectivity index (χ0) is 34.5. The zero-order valence-electron chi connectivity index (χ0n) is 27.2. The summed E-state index contributed by atoms with van der Waals surface area (Å²) in [5, 5.41) is 2.77. The third-order valence-corrected chi connectivity index (χ3v) is 10.2. The van der Waals surface area contributed by atoms with Crippen molar-refractivity contribution < 1.29 is 32.3 Å². The number of Topliss-reactive ketones (excluding diaryl/α,β-unsaturated/α-hetero) is 3. The molecular weight excluding hydrogens is 626 g/mol. The number of hydrogen-bond acceptors (Lipinski definition) is 7. The first-order valence-corrected chi connectivity index (χ1v) is 17.6. The molecule has 0 aliphatic carbocycles. The fourth-order valence-electron chi connectivity index (χ4n) is 5.48. The van der Waals surface area contributed by atoms with E-state index in [1.54, 1.807) is 42.5 Å². The molecule has 0 saturated heterocycles. The molecule has 0 fully saturated rings. The van der Waals surface area contributed by atoms with Crippen LogP contribution in [0.5, 0.6) is 5.75 Å². The van der Waals surface area contributed by atoms with Gasteiger partial charge in [0.25, 0.3) is 0 Å². The van der Waals surface area contributed by atoms with Crippen LogP contribution < -0.4 is 10.1 Å². The van der Waals surface area contributed by atoms with E-state index in [9.17, 15) is 27.6 Å². The Labute approximate surface area is 282 Å². The Balaban J connectivity index is 1.54. The van der Waals surface area contributed by atoms with Crippen LogP contribution in [0.3, 0.4) is 0 Å². The molecule has 1 N–H and O–H groups in total. The van der Waals surface area contributed by atoms with Gasteiger partial charge in [-0.3, -0.25) is 19.2 Å². The first-order chi connectivity index (χ1) is 23.1. The van der Waals surface area contributed by atoms with Gasteiger partial charge in [-0.2, -0.15) is 0 Å². The highest BCUT2D eigenvalue weighted by atomic mass is 32.2. The van der Waals surface area contributed by atoms with Gasteiger partial charge < -0.3 is 10.1 Å². The fraction of sp³-hybridized carbons (Fsp3) is 0.282. The lowest BCUT2D eigenvalue weighted by Crippen LogP contribution is -2.46. The number of sulfone groups is 1. The molecule has 4 rings (SSSR count). The Bertz CT molecular complexity index is 1770. The Hall–Kier alpha value is -4.89. The van der Waals surface area contributed by atoms with E-state index in [1.165, 1.54) is 26.2 Å². The number of aryl methyl sites for hydroxylation is 1. The number of nitrogens with one attached hydrogen (secondary N) is 1. The summed E-state index contributed by atoms with van der Waals surface area (Å²) in [6.45, 7) is 1.50. The van der Waals surface area contributed by atoms with Gasteiger partial charge in [0.2, 0.25) is 11.7 Å². The van der Waals surface area contributed by atoms with Crippen molar-refractivity contribution in [2.24, 2.45) is 11.8 Å². The highest BCUT2D eigenvalue weighted by molar-refractivity contribution is 7.91. The molecule has 0 bridgehead atoms. The van der Waals surface area contributed by atoms with Crippen molar-refractivity contribution in [3.63, 3.8) is 0 Å². The van der Waals surface area contributed by atoms with E-state index >= 15 is 0 Å². The lowest BCUT2D eigenvalue weighted by atomic mass is 9.85. The molecule has 0 aliphatic rings. The first-order valence-electron chi connectivity index (χ1n) is 15.9. The number of carbonyl (C=O) groups is 4. The van der Waals surface area contributed by atoms with Crippen LogP contribution in [-0.2, 0) is 48.3 Å². The number of methoxy groups -OCH3 is 1. The van der Waals surface area contributed by atoms with E-state index in [0.29, 0.717) is 12.2 Å². The minimum atomic E-state index is -3.77. The number of amides is 1. The average molecular weight is 668 g/mol. The summed E-state index contributed by atoms with van der Waals surface area (Å²) in [6.07, 6.45) is 0.417. The number of ether oxygens (including phenoxy) is 1. The molecule has 0 saturated carbocycles. The summed E-state index contributed by atoms with van der Waals surface area (Å²) in [5.74, 6) is -3.95.